The predicted octanol–water partition coefficient (Wildman–Crippen LogP) is 1.44. The van der Waals surface area contributed by atoms with E-state index in [0.717, 1.165) is 25.4 Å². The summed E-state index contributed by atoms with van der Waals surface area (Å²) in [6.07, 6.45) is 5.57. The van der Waals surface area contributed by atoms with Gasteiger partial charge in [-0.15, -0.1) is 0 Å². The summed E-state index contributed by atoms with van der Waals surface area (Å²) in [7, 11) is 0. The molecule has 3 heterocycles. The normalized spacial score (nSPS) is 47.4. The minimum atomic E-state index is 0.158. The first kappa shape index (κ1) is 14.8. The van der Waals surface area contributed by atoms with Crippen molar-refractivity contribution in [3.05, 3.63) is 0 Å². The van der Waals surface area contributed by atoms with Crippen LogP contribution in [-0.2, 0) is 4.74 Å². The molecule has 20 heavy (non-hydrogen) atoms. The predicted molar refractivity (Wildman–Crippen MR) is 81.8 cm³/mol. The van der Waals surface area contributed by atoms with E-state index >= 15 is 0 Å². The van der Waals surface area contributed by atoms with E-state index in [0.29, 0.717) is 18.2 Å². The van der Waals surface area contributed by atoms with Crippen LogP contribution in [-0.4, -0.2) is 65.8 Å². The summed E-state index contributed by atoms with van der Waals surface area (Å²) in [4.78, 5) is 5.44. The second kappa shape index (κ2) is 5.56. The fraction of sp³-hybridized carbons (Fsp3) is 1.00. The Balaban J connectivity index is 1.80. The van der Waals surface area contributed by atoms with Gasteiger partial charge < -0.3 is 10.5 Å². The molecule has 4 nitrogen and oxygen atoms in total. The summed E-state index contributed by atoms with van der Waals surface area (Å²) in [5.41, 5.74) is 6.44. The molecule has 3 fully saturated rings. The Hall–Kier alpha value is -0.160. The molecule has 0 bridgehead atoms. The average Bonchev–Trinajstić information content (AvgIpc) is 2.83. The van der Waals surface area contributed by atoms with Gasteiger partial charge in [0.25, 0.3) is 0 Å². The van der Waals surface area contributed by atoms with Crippen molar-refractivity contribution in [1.82, 2.24) is 9.80 Å². The summed E-state index contributed by atoms with van der Waals surface area (Å²) in [6.45, 7) is 11.3. The topological polar surface area (TPSA) is 41.7 Å². The SMILES string of the molecule is CC1CC(CN)(N2CC3CCCN3CC2C)CC(C)O1. The molecule has 0 aliphatic carbocycles. The van der Waals surface area contributed by atoms with Crippen molar-refractivity contribution < 1.29 is 4.74 Å². The highest BCUT2D eigenvalue weighted by Gasteiger charge is 2.47. The number of nitrogens with zero attached hydrogens (tertiary/aromatic N) is 2. The maximum absolute atomic E-state index is 6.28. The van der Waals surface area contributed by atoms with Crippen molar-refractivity contribution in [3.8, 4) is 0 Å². The van der Waals surface area contributed by atoms with E-state index in [2.05, 4.69) is 30.6 Å². The van der Waals surface area contributed by atoms with Crippen LogP contribution in [0.4, 0.5) is 0 Å². The molecule has 3 rings (SSSR count). The van der Waals surface area contributed by atoms with Crippen molar-refractivity contribution in [1.29, 1.82) is 0 Å². The minimum absolute atomic E-state index is 0.158. The molecule has 0 saturated carbocycles. The zero-order chi connectivity index (χ0) is 14.3. The van der Waals surface area contributed by atoms with Crippen LogP contribution in [0.3, 0.4) is 0 Å². The van der Waals surface area contributed by atoms with Crippen molar-refractivity contribution in [2.75, 3.05) is 26.2 Å². The number of piperazine rings is 1. The molecule has 4 atom stereocenters. The number of ether oxygens (including phenoxy) is 1. The molecule has 0 radical (unpaired) electrons. The summed E-state index contributed by atoms with van der Waals surface area (Å²) in [5, 5.41) is 0. The van der Waals surface area contributed by atoms with Crippen LogP contribution in [0.1, 0.15) is 46.5 Å². The van der Waals surface area contributed by atoms with Gasteiger partial charge in [-0.1, -0.05) is 0 Å². The van der Waals surface area contributed by atoms with Crippen molar-refractivity contribution in [3.63, 3.8) is 0 Å². The summed E-state index contributed by atoms with van der Waals surface area (Å²) >= 11 is 0. The van der Waals surface area contributed by atoms with Crippen molar-refractivity contribution >= 4 is 0 Å². The van der Waals surface area contributed by atoms with Gasteiger partial charge in [-0.2, -0.15) is 0 Å². The Kier molecular flexibility index (Phi) is 4.10. The number of nitrogens with two attached hydrogens (primary N) is 1. The lowest BCUT2D eigenvalue weighted by Crippen LogP contribution is -2.68. The van der Waals surface area contributed by atoms with E-state index in [-0.39, 0.29) is 5.54 Å². The van der Waals surface area contributed by atoms with E-state index < -0.39 is 0 Å². The Labute approximate surface area is 123 Å². The zero-order valence-electron chi connectivity index (χ0n) is 13.3. The van der Waals surface area contributed by atoms with Gasteiger partial charge in [-0.05, 0) is 53.0 Å². The van der Waals surface area contributed by atoms with Crippen molar-refractivity contribution in [2.24, 2.45) is 5.73 Å². The van der Waals surface area contributed by atoms with Crippen molar-refractivity contribution in [2.45, 2.75) is 76.3 Å². The fourth-order valence-electron chi connectivity index (χ4n) is 5.01. The zero-order valence-corrected chi connectivity index (χ0v) is 13.3. The van der Waals surface area contributed by atoms with Crippen LogP contribution in [0.5, 0.6) is 0 Å². The third-order valence-electron chi connectivity index (χ3n) is 5.73. The quantitative estimate of drug-likeness (QED) is 0.831. The highest BCUT2D eigenvalue weighted by molar-refractivity contribution is 5.03. The van der Waals surface area contributed by atoms with Crippen LogP contribution < -0.4 is 5.73 Å². The second-order valence-electron chi connectivity index (χ2n) is 7.39. The second-order valence-corrected chi connectivity index (χ2v) is 7.39. The van der Waals surface area contributed by atoms with Gasteiger partial charge in [0.15, 0.2) is 0 Å². The highest BCUT2D eigenvalue weighted by Crippen LogP contribution is 2.38. The molecule has 0 aromatic heterocycles. The molecule has 3 aliphatic rings. The number of hydrogen-bond acceptors (Lipinski definition) is 4. The minimum Gasteiger partial charge on any atom is -0.375 e. The van der Waals surface area contributed by atoms with Crippen LogP contribution in [0.25, 0.3) is 0 Å². The van der Waals surface area contributed by atoms with Gasteiger partial charge in [0, 0.05) is 37.3 Å². The molecule has 3 saturated heterocycles. The Morgan fingerprint density at radius 2 is 1.85 bits per heavy atom. The Morgan fingerprint density at radius 1 is 1.15 bits per heavy atom. The van der Waals surface area contributed by atoms with E-state index in [1.165, 1.54) is 32.5 Å². The van der Waals surface area contributed by atoms with Gasteiger partial charge in [-0.25, -0.2) is 0 Å². The lowest BCUT2D eigenvalue weighted by Gasteiger charge is -2.55. The summed E-state index contributed by atoms with van der Waals surface area (Å²) < 4.78 is 5.96. The Morgan fingerprint density at radius 3 is 2.50 bits per heavy atom. The molecule has 4 heteroatoms. The summed E-state index contributed by atoms with van der Waals surface area (Å²) in [6, 6.07) is 1.38. The third kappa shape index (κ3) is 2.52. The third-order valence-corrected chi connectivity index (χ3v) is 5.73. The Bertz CT molecular complexity index is 339. The maximum Gasteiger partial charge on any atom is 0.0568 e. The largest absolute Gasteiger partial charge is 0.375 e. The molecule has 0 spiro atoms. The standard InChI is InChI=1S/C16H31N3O/c1-12-9-18-6-4-5-15(18)10-19(12)16(11-17)7-13(2)20-14(3)8-16/h12-15H,4-11,17H2,1-3H3. The van der Waals surface area contributed by atoms with Crippen LogP contribution in [0.15, 0.2) is 0 Å². The molecular formula is C16H31N3O. The molecule has 116 valence electrons. The van der Waals surface area contributed by atoms with Gasteiger partial charge in [0.1, 0.15) is 0 Å². The van der Waals surface area contributed by atoms with Gasteiger partial charge in [0.05, 0.1) is 12.2 Å². The van der Waals surface area contributed by atoms with E-state index in [9.17, 15) is 0 Å². The molecule has 0 aromatic rings. The van der Waals surface area contributed by atoms with Crippen LogP contribution in [0.2, 0.25) is 0 Å². The number of rotatable bonds is 2. The first-order valence-corrected chi connectivity index (χ1v) is 8.40. The van der Waals surface area contributed by atoms with Crippen LogP contribution in [0, 0.1) is 0 Å². The molecule has 0 aromatic carbocycles. The van der Waals surface area contributed by atoms with Gasteiger partial charge >= 0.3 is 0 Å². The highest BCUT2D eigenvalue weighted by atomic mass is 16.5. The maximum atomic E-state index is 6.28. The fourth-order valence-corrected chi connectivity index (χ4v) is 5.01. The summed E-state index contributed by atoms with van der Waals surface area (Å²) in [5.74, 6) is 0. The molecule has 4 unspecified atom stereocenters. The van der Waals surface area contributed by atoms with E-state index in [1.54, 1.807) is 0 Å². The van der Waals surface area contributed by atoms with Gasteiger partial charge in [-0.3, -0.25) is 9.80 Å². The molecule has 3 aliphatic heterocycles. The monoisotopic (exact) mass is 281 g/mol. The molecule has 0 amide bonds. The smallest absolute Gasteiger partial charge is 0.0568 e. The van der Waals surface area contributed by atoms with E-state index in [4.69, 9.17) is 10.5 Å². The lowest BCUT2D eigenvalue weighted by molar-refractivity contribution is -0.126. The number of fused-ring (bicyclic) bond motifs is 1. The first-order chi connectivity index (χ1) is 9.54. The average molecular weight is 281 g/mol. The molecular weight excluding hydrogens is 250 g/mol. The van der Waals surface area contributed by atoms with E-state index in [1.807, 2.05) is 0 Å². The lowest BCUT2D eigenvalue weighted by atomic mass is 9.80. The van der Waals surface area contributed by atoms with Gasteiger partial charge in [0.2, 0.25) is 0 Å². The number of hydrogen-bond donors (Lipinski definition) is 1. The first-order valence-electron chi connectivity index (χ1n) is 8.40. The molecule has 2 N–H and O–H groups in total. The van der Waals surface area contributed by atoms with Crippen LogP contribution >= 0.6 is 0 Å².